The summed E-state index contributed by atoms with van der Waals surface area (Å²) in [5.74, 6) is -0.629. The lowest BCUT2D eigenvalue weighted by Crippen LogP contribution is -2.54. The second-order valence-corrected chi connectivity index (χ2v) is 8.56. The Kier molecular flexibility index (Phi) is 6.55. The van der Waals surface area contributed by atoms with Gasteiger partial charge in [-0.25, -0.2) is 4.79 Å². The number of nitrogens with one attached hydrogen (secondary N) is 1. The monoisotopic (exact) mass is 472 g/mol. The molecule has 174 valence electrons. The van der Waals surface area contributed by atoms with Crippen molar-refractivity contribution >= 4 is 40.8 Å². The molecule has 33 heavy (non-hydrogen) atoms. The third-order valence-electron chi connectivity index (χ3n) is 5.98. The lowest BCUT2D eigenvalue weighted by Gasteiger charge is -2.36. The van der Waals surface area contributed by atoms with Crippen LogP contribution in [0.25, 0.3) is 0 Å². The molecule has 2 saturated heterocycles. The summed E-state index contributed by atoms with van der Waals surface area (Å²) in [6, 6.07) is 12.6. The lowest BCUT2D eigenvalue weighted by molar-refractivity contribution is -0.125. The van der Waals surface area contributed by atoms with Gasteiger partial charge in [0.1, 0.15) is 6.61 Å². The maximum absolute atomic E-state index is 13.6. The van der Waals surface area contributed by atoms with E-state index in [1.807, 2.05) is 0 Å². The van der Waals surface area contributed by atoms with Crippen molar-refractivity contribution in [3.05, 3.63) is 59.1 Å². The van der Waals surface area contributed by atoms with Gasteiger partial charge >= 0.3 is 6.03 Å². The number of anilines is 2. The van der Waals surface area contributed by atoms with Crippen LogP contribution < -0.4 is 16.0 Å². The summed E-state index contributed by atoms with van der Waals surface area (Å²) in [7, 11) is 0. The molecule has 2 fully saturated rings. The largest absolute Gasteiger partial charge is 0.391 e. The van der Waals surface area contributed by atoms with Crippen molar-refractivity contribution in [1.82, 2.24) is 4.90 Å². The summed E-state index contributed by atoms with van der Waals surface area (Å²) >= 11 is 6.01. The predicted octanol–water partition coefficient (Wildman–Crippen LogP) is 2.07. The van der Waals surface area contributed by atoms with E-state index >= 15 is 0 Å². The lowest BCUT2D eigenvalue weighted by atomic mass is 9.85. The average molecular weight is 473 g/mol. The van der Waals surface area contributed by atoms with Gasteiger partial charge in [0.05, 0.1) is 6.10 Å². The number of aliphatic hydroxyl groups excluding tert-OH is 1. The normalized spacial score (nSPS) is 23.3. The topological polar surface area (TPSA) is 125 Å². The van der Waals surface area contributed by atoms with Crippen molar-refractivity contribution in [2.75, 3.05) is 36.5 Å². The van der Waals surface area contributed by atoms with Crippen molar-refractivity contribution < 1.29 is 24.2 Å². The molecular weight excluding hydrogens is 448 g/mol. The van der Waals surface area contributed by atoms with Crippen LogP contribution in [0, 0.1) is 0 Å². The molecule has 2 aromatic carbocycles. The zero-order valence-corrected chi connectivity index (χ0v) is 18.6. The first-order valence-corrected chi connectivity index (χ1v) is 11.0. The predicted molar refractivity (Wildman–Crippen MR) is 123 cm³/mol. The van der Waals surface area contributed by atoms with Crippen LogP contribution in [-0.2, 0) is 19.9 Å². The molecule has 2 heterocycles. The van der Waals surface area contributed by atoms with Crippen molar-refractivity contribution in [1.29, 1.82) is 0 Å². The molecular formula is C23H25ClN4O5. The fourth-order valence-corrected chi connectivity index (χ4v) is 4.55. The number of primary amides is 1. The maximum Gasteiger partial charge on any atom is 0.316 e. The summed E-state index contributed by atoms with van der Waals surface area (Å²) < 4.78 is 5.27. The number of hydrogen-bond donors (Lipinski definition) is 3. The number of β-amino-alcohol motifs (C(OH)–C–C–N with tert-alkyl or cyclic N) is 1. The summed E-state index contributed by atoms with van der Waals surface area (Å²) in [5.41, 5.74) is 5.76. The molecule has 4 rings (SSSR count). The highest BCUT2D eigenvalue weighted by molar-refractivity contribution is 6.30. The molecule has 2 aliphatic rings. The smallest absolute Gasteiger partial charge is 0.316 e. The highest BCUT2D eigenvalue weighted by Gasteiger charge is 2.54. The molecule has 0 spiro atoms. The van der Waals surface area contributed by atoms with Gasteiger partial charge in [-0.05, 0) is 48.4 Å². The van der Waals surface area contributed by atoms with Gasteiger partial charge in [-0.15, -0.1) is 0 Å². The van der Waals surface area contributed by atoms with E-state index < -0.39 is 23.6 Å². The number of likely N-dealkylation sites (tertiary alicyclic amines) is 1. The zero-order valence-electron chi connectivity index (χ0n) is 17.9. The minimum atomic E-state index is -1.49. The molecule has 4 amide bonds. The Morgan fingerprint density at radius 1 is 1.15 bits per heavy atom. The summed E-state index contributed by atoms with van der Waals surface area (Å²) in [6.45, 7) is 1.05. The molecule has 2 aliphatic heterocycles. The Labute approximate surface area is 196 Å². The summed E-state index contributed by atoms with van der Waals surface area (Å²) in [6.07, 6.45) is -0.194. The van der Waals surface area contributed by atoms with Crippen LogP contribution in [0.3, 0.4) is 0 Å². The SMILES string of the molecule is NC(=O)N1C[C@H](O)C[C@]1(C(=O)Nc1ccc(N2CCCOCC2=O)cc1)c1ccc(Cl)cc1. The number of ether oxygens (including phenoxy) is 1. The number of nitrogens with two attached hydrogens (primary N) is 1. The van der Waals surface area contributed by atoms with E-state index in [0.717, 1.165) is 6.42 Å². The van der Waals surface area contributed by atoms with Crippen molar-refractivity contribution in [3.8, 4) is 0 Å². The van der Waals surface area contributed by atoms with Crippen LogP contribution in [0.1, 0.15) is 18.4 Å². The second-order valence-electron chi connectivity index (χ2n) is 8.13. The molecule has 0 radical (unpaired) electrons. The standard InChI is InChI=1S/C23H25ClN4O5/c24-16-4-2-15(3-5-16)23(12-19(29)13-28(23)22(25)32)21(31)26-17-6-8-18(9-7-17)27-10-1-11-33-14-20(27)30/h2-9,19,29H,1,10-14H2,(H2,25,32)(H,26,31)/t19-,23-/m1/s1. The number of amides is 4. The number of carbonyl (C=O) groups excluding carboxylic acids is 3. The van der Waals surface area contributed by atoms with Crippen LogP contribution in [0.2, 0.25) is 5.02 Å². The van der Waals surface area contributed by atoms with E-state index in [0.29, 0.717) is 35.1 Å². The van der Waals surface area contributed by atoms with Crippen LogP contribution in [0.4, 0.5) is 16.2 Å². The Balaban J connectivity index is 1.62. The zero-order chi connectivity index (χ0) is 23.6. The molecule has 2 aromatic rings. The second kappa shape index (κ2) is 9.38. The van der Waals surface area contributed by atoms with Gasteiger partial charge in [-0.3, -0.25) is 9.59 Å². The Morgan fingerprint density at radius 2 is 1.85 bits per heavy atom. The first-order chi connectivity index (χ1) is 15.8. The number of carbonyl (C=O) groups is 3. The number of benzene rings is 2. The number of nitrogens with zero attached hydrogens (tertiary/aromatic N) is 2. The van der Waals surface area contributed by atoms with Crippen LogP contribution in [0.15, 0.2) is 48.5 Å². The van der Waals surface area contributed by atoms with Gasteiger partial charge in [-0.1, -0.05) is 23.7 Å². The molecule has 4 N–H and O–H groups in total. The van der Waals surface area contributed by atoms with Crippen molar-refractivity contribution in [2.24, 2.45) is 5.73 Å². The van der Waals surface area contributed by atoms with E-state index in [-0.39, 0.29) is 25.5 Å². The van der Waals surface area contributed by atoms with Crippen molar-refractivity contribution in [3.63, 3.8) is 0 Å². The number of urea groups is 1. The van der Waals surface area contributed by atoms with E-state index in [9.17, 15) is 19.5 Å². The summed E-state index contributed by atoms with van der Waals surface area (Å²) in [5, 5.41) is 13.7. The molecule has 9 nitrogen and oxygen atoms in total. The highest BCUT2D eigenvalue weighted by atomic mass is 35.5. The number of halogens is 1. The number of hydrogen-bond acceptors (Lipinski definition) is 5. The van der Waals surface area contributed by atoms with E-state index in [4.69, 9.17) is 22.1 Å². The third kappa shape index (κ3) is 4.52. The fourth-order valence-electron chi connectivity index (χ4n) is 4.43. The Morgan fingerprint density at radius 3 is 2.52 bits per heavy atom. The van der Waals surface area contributed by atoms with E-state index in [2.05, 4.69) is 5.32 Å². The average Bonchev–Trinajstić information content (AvgIpc) is 3.01. The molecule has 0 saturated carbocycles. The Bertz CT molecular complexity index is 1050. The van der Waals surface area contributed by atoms with Gasteiger partial charge in [0.15, 0.2) is 5.54 Å². The van der Waals surface area contributed by atoms with Crippen LogP contribution in [0.5, 0.6) is 0 Å². The quantitative estimate of drug-likeness (QED) is 0.628. The molecule has 0 aromatic heterocycles. The highest BCUT2D eigenvalue weighted by Crippen LogP contribution is 2.40. The maximum atomic E-state index is 13.6. The number of rotatable bonds is 4. The van der Waals surface area contributed by atoms with Gasteiger partial charge in [0, 0.05) is 42.5 Å². The number of aliphatic hydroxyl groups is 1. The Hall–Kier alpha value is -3.14. The summed E-state index contributed by atoms with van der Waals surface area (Å²) in [4.78, 5) is 40.9. The molecule has 0 aliphatic carbocycles. The van der Waals surface area contributed by atoms with E-state index in [1.54, 1.807) is 53.4 Å². The molecule has 0 bridgehead atoms. The first-order valence-electron chi connectivity index (χ1n) is 10.6. The third-order valence-corrected chi connectivity index (χ3v) is 6.23. The minimum Gasteiger partial charge on any atom is -0.391 e. The molecule has 10 heteroatoms. The van der Waals surface area contributed by atoms with Gasteiger partial charge in [0.2, 0.25) is 0 Å². The van der Waals surface area contributed by atoms with Gasteiger partial charge in [0.25, 0.3) is 11.8 Å². The van der Waals surface area contributed by atoms with E-state index in [1.165, 1.54) is 4.90 Å². The molecule has 0 unspecified atom stereocenters. The van der Waals surface area contributed by atoms with Crippen LogP contribution >= 0.6 is 11.6 Å². The molecule has 2 atom stereocenters. The van der Waals surface area contributed by atoms with Gasteiger partial charge < -0.3 is 30.7 Å². The fraction of sp³-hybridized carbons (Fsp3) is 0.348. The van der Waals surface area contributed by atoms with Crippen LogP contribution in [-0.4, -0.2) is 60.3 Å². The minimum absolute atomic E-state index is 0.0101. The van der Waals surface area contributed by atoms with Gasteiger partial charge in [-0.2, -0.15) is 0 Å². The van der Waals surface area contributed by atoms with Crippen molar-refractivity contribution in [2.45, 2.75) is 24.5 Å². The first kappa shape index (κ1) is 23.0.